The topological polar surface area (TPSA) is 108 Å². The zero-order valence-corrected chi connectivity index (χ0v) is 11.5. The fourth-order valence-corrected chi connectivity index (χ4v) is 2.64. The number of hydrogen-bond acceptors (Lipinski definition) is 7. The maximum atomic E-state index is 10.1. The van der Waals surface area contributed by atoms with Crippen LogP contribution >= 0.6 is 11.6 Å². The number of methoxy groups -OCH3 is 1. The summed E-state index contributed by atoms with van der Waals surface area (Å²) in [5.41, 5.74) is 6.56. The second-order valence-electron chi connectivity index (χ2n) is 4.59. The number of anilines is 1. The number of hydrogen-bond donors (Lipinski definition) is 2. The minimum absolute atomic E-state index is 0.148. The summed E-state index contributed by atoms with van der Waals surface area (Å²) >= 11 is 6.12. The quantitative estimate of drug-likeness (QED) is 0.787. The smallest absolute Gasteiger partial charge is 0.207 e. The Bertz CT molecular complexity index is 634. The third-order valence-corrected chi connectivity index (χ3v) is 3.50. The third kappa shape index (κ3) is 2.10. The summed E-state index contributed by atoms with van der Waals surface area (Å²) in [7, 11) is 1.58. The first kappa shape index (κ1) is 13.5. The van der Waals surface area contributed by atoms with Crippen LogP contribution in [0.5, 0.6) is 0 Å². The van der Waals surface area contributed by atoms with Crippen molar-refractivity contribution in [3.05, 3.63) is 11.6 Å². The molecule has 1 aliphatic rings. The summed E-state index contributed by atoms with van der Waals surface area (Å²) in [4.78, 5) is 12.1. The van der Waals surface area contributed by atoms with Crippen molar-refractivity contribution in [3.8, 4) is 0 Å². The Morgan fingerprint density at radius 2 is 2.40 bits per heavy atom. The molecule has 0 bridgehead atoms. The van der Waals surface area contributed by atoms with Crippen LogP contribution in [0.4, 0.5) is 5.82 Å². The van der Waals surface area contributed by atoms with Gasteiger partial charge in [-0.15, -0.1) is 0 Å². The largest absolute Gasteiger partial charge is 0.388 e. The van der Waals surface area contributed by atoms with Gasteiger partial charge in [0.05, 0.1) is 12.7 Å². The lowest BCUT2D eigenvalue weighted by molar-refractivity contribution is -0.0539. The van der Waals surface area contributed by atoms with Gasteiger partial charge in [0.15, 0.2) is 23.2 Å². The van der Waals surface area contributed by atoms with Crippen LogP contribution in [0, 0.1) is 0 Å². The number of nitrogen functional groups attached to an aromatic ring is 1. The van der Waals surface area contributed by atoms with Crippen LogP contribution in [0.1, 0.15) is 12.6 Å². The average molecular weight is 300 g/mol. The molecule has 0 saturated carbocycles. The van der Waals surface area contributed by atoms with Gasteiger partial charge < -0.3 is 20.3 Å². The standard InChI is InChI=1S/C11H14ClN5O3/c1-19-3-5-2-6(18)10(20-5)17-9-7(16-11(17)12)8(13)14-4-15-9/h4-6,10,18H,2-3H2,1H3,(H2,13,14,15)/t5-,6+,10?/m0/s1. The van der Waals surface area contributed by atoms with Gasteiger partial charge in [0.2, 0.25) is 5.28 Å². The van der Waals surface area contributed by atoms with E-state index in [0.29, 0.717) is 24.2 Å². The molecule has 2 aromatic rings. The Balaban J connectivity index is 2.02. The highest BCUT2D eigenvalue weighted by molar-refractivity contribution is 6.29. The van der Waals surface area contributed by atoms with Gasteiger partial charge in [-0.1, -0.05) is 0 Å². The molecule has 3 heterocycles. The minimum Gasteiger partial charge on any atom is -0.388 e. The van der Waals surface area contributed by atoms with Gasteiger partial charge in [-0.05, 0) is 11.6 Å². The molecule has 1 fully saturated rings. The molecule has 0 spiro atoms. The van der Waals surface area contributed by atoms with Crippen LogP contribution in [0.25, 0.3) is 11.2 Å². The van der Waals surface area contributed by atoms with Crippen molar-refractivity contribution in [1.82, 2.24) is 19.5 Å². The van der Waals surface area contributed by atoms with Gasteiger partial charge in [0.1, 0.15) is 12.4 Å². The fraction of sp³-hybridized carbons (Fsp3) is 0.545. The second kappa shape index (κ2) is 5.13. The number of rotatable bonds is 3. The Hall–Kier alpha value is -1.48. The summed E-state index contributed by atoms with van der Waals surface area (Å²) < 4.78 is 12.3. The van der Waals surface area contributed by atoms with Gasteiger partial charge >= 0.3 is 0 Å². The van der Waals surface area contributed by atoms with E-state index in [2.05, 4.69) is 15.0 Å². The van der Waals surface area contributed by atoms with Crippen molar-refractivity contribution in [1.29, 1.82) is 0 Å². The van der Waals surface area contributed by atoms with Gasteiger partial charge in [-0.2, -0.15) is 0 Å². The zero-order valence-electron chi connectivity index (χ0n) is 10.7. The van der Waals surface area contributed by atoms with E-state index in [4.69, 9.17) is 26.8 Å². The number of aromatic nitrogens is 4. The molecule has 2 aromatic heterocycles. The van der Waals surface area contributed by atoms with Gasteiger partial charge in [0, 0.05) is 13.5 Å². The Morgan fingerprint density at radius 3 is 3.15 bits per heavy atom. The van der Waals surface area contributed by atoms with Crippen molar-refractivity contribution in [2.24, 2.45) is 0 Å². The number of fused-ring (bicyclic) bond motifs is 1. The normalized spacial score (nSPS) is 26.4. The number of aliphatic hydroxyl groups is 1. The van der Waals surface area contributed by atoms with Crippen LogP contribution in [0.3, 0.4) is 0 Å². The van der Waals surface area contributed by atoms with Crippen molar-refractivity contribution in [2.45, 2.75) is 24.9 Å². The van der Waals surface area contributed by atoms with Crippen LogP contribution in [0.15, 0.2) is 6.33 Å². The van der Waals surface area contributed by atoms with Gasteiger partial charge in [-0.25, -0.2) is 15.0 Å². The van der Waals surface area contributed by atoms with E-state index in [-0.39, 0.29) is 17.2 Å². The first-order chi connectivity index (χ1) is 9.61. The fourth-order valence-electron chi connectivity index (χ4n) is 2.38. The van der Waals surface area contributed by atoms with E-state index in [0.717, 1.165) is 0 Å². The molecular formula is C11H14ClN5O3. The van der Waals surface area contributed by atoms with Crippen molar-refractivity contribution in [2.75, 3.05) is 19.5 Å². The summed E-state index contributed by atoms with van der Waals surface area (Å²) in [6.07, 6.45) is 0.186. The average Bonchev–Trinajstić information content (AvgIpc) is 2.91. The van der Waals surface area contributed by atoms with Gasteiger partial charge in [-0.3, -0.25) is 4.57 Å². The molecule has 3 N–H and O–H groups in total. The number of nitrogens with zero attached hydrogens (tertiary/aromatic N) is 4. The first-order valence-electron chi connectivity index (χ1n) is 6.08. The number of aliphatic hydroxyl groups excluding tert-OH is 1. The summed E-state index contributed by atoms with van der Waals surface area (Å²) in [5, 5.41) is 10.3. The molecule has 20 heavy (non-hydrogen) atoms. The predicted octanol–water partition coefficient (Wildman–Crippen LogP) is 0.357. The highest BCUT2D eigenvalue weighted by atomic mass is 35.5. The predicted molar refractivity (Wildman–Crippen MR) is 71.2 cm³/mol. The molecule has 0 amide bonds. The maximum absolute atomic E-state index is 10.1. The highest BCUT2D eigenvalue weighted by Gasteiger charge is 2.37. The molecule has 0 aliphatic carbocycles. The summed E-state index contributed by atoms with van der Waals surface area (Å²) in [5.74, 6) is 0.233. The number of ether oxygens (including phenoxy) is 2. The minimum atomic E-state index is -0.721. The molecule has 8 nitrogen and oxygen atoms in total. The Kier molecular flexibility index (Phi) is 3.47. The van der Waals surface area contributed by atoms with Crippen molar-refractivity contribution < 1.29 is 14.6 Å². The lowest BCUT2D eigenvalue weighted by Crippen LogP contribution is -2.20. The molecular weight excluding hydrogens is 286 g/mol. The summed E-state index contributed by atoms with van der Waals surface area (Å²) in [6.45, 7) is 0.398. The zero-order chi connectivity index (χ0) is 14.3. The third-order valence-electron chi connectivity index (χ3n) is 3.23. The van der Waals surface area contributed by atoms with E-state index in [1.54, 1.807) is 7.11 Å². The van der Waals surface area contributed by atoms with Crippen LogP contribution in [-0.2, 0) is 9.47 Å². The monoisotopic (exact) mass is 299 g/mol. The van der Waals surface area contributed by atoms with Crippen LogP contribution in [-0.4, -0.2) is 50.6 Å². The van der Waals surface area contributed by atoms with Crippen molar-refractivity contribution in [3.63, 3.8) is 0 Å². The molecule has 9 heteroatoms. The van der Waals surface area contributed by atoms with E-state index in [9.17, 15) is 5.11 Å². The highest BCUT2D eigenvalue weighted by Crippen LogP contribution is 2.34. The van der Waals surface area contributed by atoms with Gasteiger partial charge in [0.25, 0.3) is 0 Å². The van der Waals surface area contributed by atoms with E-state index in [1.807, 2.05) is 0 Å². The van der Waals surface area contributed by atoms with E-state index >= 15 is 0 Å². The number of imidazole rings is 1. The number of nitrogens with two attached hydrogens (primary N) is 1. The molecule has 0 radical (unpaired) electrons. The van der Waals surface area contributed by atoms with E-state index < -0.39 is 12.3 Å². The molecule has 1 saturated heterocycles. The Labute approximate surface area is 119 Å². The molecule has 1 unspecified atom stereocenters. The second-order valence-corrected chi connectivity index (χ2v) is 4.93. The van der Waals surface area contributed by atoms with Crippen molar-refractivity contribution >= 4 is 28.6 Å². The molecule has 0 aromatic carbocycles. The molecule has 1 aliphatic heterocycles. The SMILES string of the molecule is COC[C@@H]1C[C@@H](O)C(n2c(Cl)nc3c(N)ncnc32)O1. The maximum Gasteiger partial charge on any atom is 0.207 e. The lowest BCUT2D eigenvalue weighted by atomic mass is 10.2. The lowest BCUT2D eigenvalue weighted by Gasteiger charge is -2.17. The summed E-state index contributed by atoms with van der Waals surface area (Å²) in [6, 6.07) is 0. The first-order valence-corrected chi connectivity index (χ1v) is 6.46. The van der Waals surface area contributed by atoms with Crippen LogP contribution in [0.2, 0.25) is 5.28 Å². The number of halogens is 1. The molecule has 3 atom stereocenters. The van der Waals surface area contributed by atoms with Crippen LogP contribution < -0.4 is 5.73 Å². The van der Waals surface area contributed by atoms with E-state index in [1.165, 1.54) is 10.9 Å². The Morgan fingerprint density at radius 1 is 1.60 bits per heavy atom. The molecule has 108 valence electrons. The molecule has 3 rings (SSSR count).